The van der Waals surface area contributed by atoms with Crippen molar-refractivity contribution in [2.75, 3.05) is 0 Å². The molecule has 0 bridgehead atoms. The summed E-state index contributed by atoms with van der Waals surface area (Å²) in [6, 6.07) is 17.7. The third-order valence-electron chi connectivity index (χ3n) is 4.11. The number of hydrogen-bond donors (Lipinski definition) is 1. The number of carbonyl (C=O) groups is 2. The van der Waals surface area contributed by atoms with Gasteiger partial charge in [-0.25, -0.2) is 0 Å². The first-order valence-corrected chi connectivity index (χ1v) is 8.53. The van der Waals surface area contributed by atoms with Gasteiger partial charge in [-0.1, -0.05) is 67.1 Å². The van der Waals surface area contributed by atoms with E-state index in [0.717, 1.165) is 11.1 Å². The summed E-state index contributed by atoms with van der Waals surface area (Å²) < 4.78 is 5.26. The van der Waals surface area contributed by atoms with Gasteiger partial charge < -0.3 is 10.1 Å². The van der Waals surface area contributed by atoms with Crippen LogP contribution in [0.1, 0.15) is 42.9 Å². The fourth-order valence-corrected chi connectivity index (χ4v) is 2.49. The van der Waals surface area contributed by atoms with E-state index >= 15 is 0 Å². The second kappa shape index (κ2) is 9.02. The first kappa shape index (κ1) is 18.7. The maximum Gasteiger partial charge on any atom is 0.307 e. The van der Waals surface area contributed by atoms with Crippen molar-refractivity contribution >= 4 is 11.9 Å². The van der Waals surface area contributed by atoms with E-state index in [9.17, 15) is 9.59 Å². The summed E-state index contributed by atoms with van der Waals surface area (Å²) in [7, 11) is 0. The highest BCUT2D eigenvalue weighted by atomic mass is 16.5. The first-order chi connectivity index (χ1) is 12.0. The minimum Gasteiger partial charge on any atom is -0.453 e. The minimum absolute atomic E-state index is 0.0523. The molecular formula is C21H25NO3. The molecule has 0 aliphatic heterocycles. The highest BCUT2D eigenvalue weighted by Crippen LogP contribution is 2.19. The molecule has 0 saturated carbocycles. The Hall–Kier alpha value is -2.62. The molecular weight excluding hydrogens is 314 g/mol. The van der Waals surface area contributed by atoms with E-state index in [2.05, 4.69) is 5.32 Å². The molecule has 0 saturated heterocycles. The normalized spacial score (nSPS) is 12.9. The van der Waals surface area contributed by atoms with Crippen molar-refractivity contribution in [3.63, 3.8) is 0 Å². The molecule has 25 heavy (non-hydrogen) atoms. The van der Waals surface area contributed by atoms with Crippen LogP contribution in [0.3, 0.4) is 0 Å². The predicted octanol–water partition coefficient (Wildman–Crippen LogP) is 3.74. The van der Waals surface area contributed by atoms with Crippen LogP contribution >= 0.6 is 0 Å². The summed E-state index contributed by atoms with van der Waals surface area (Å²) in [6.07, 6.45) is -0.555. The number of esters is 1. The molecule has 4 nitrogen and oxygen atoms in total. The molecule has 132 valence electrons. The average molecular weight is 339 g/mol. The summed E-state index contributed by atoms with van der Waals surface area (Å²) in [5, 5.41) is 2.79. The van der Waals surface area contributed by atoms with Crippen LogP contribution in [0.5, 0.6) is 0 Å². The molecule has 4 heteroatoms. The smallest absolute Gasteiger partial charge is 0.307 e. The fourth-order valence-electron chi connectivity index (χ4n) is 2.49. The molecule has 2 aromatic rings. The Morgan fingerprint density at radius 2 is 1.64 bits per heavy atom. The average Bonchev–Trinajstić information content (AvgIpc) is 2.61. The number of aryl methyl sites for hydroxylation is 1. The molecule has 0 unspecified atom stereocenters. The van der Waals surface area contributed by atoms with Gasteiger partial charge >= 0.3 is 5.97 Å². The van der Waals surface area contributed by atoms with E-state index in [-0.39, 0.29) is 24.2 Å². The quantitative estimate of drug-likeness (QED) is 0.782. The van der Waals surface area contributed by atoms with Crippen molar-refractivity contribution in [2.45, 2.75) is 45.8 Å². The molecule has 2 atom stereocenters. The van der Waals surface area contributed by atoms with Crippen molar-refractivity contribution in [1.82, 2.24) is 5.32 Å². The number of rotatable bonds is 7. The van der Waals surface area contributed by atoms with Crippen LogP contribution in [0, 0.1) is 6.92 Å². The largest absolute Gasteiger partial charge is 0.453 e. The minimum atomic E-state index is -0.805. The zero-order valence-corrected chi connectivity index (χ0v) is 15.0. The highest BCUT2D eigenvalue weighted by Gasteiger charge is 2.19. The molecule has 1 N–H and O–H groups in total. The van der Waals surface area contributed by atoms with Gasteiger partial charge in [0.1, 0.15) is 0 Å². The SMILES string of the molecule is Cc1ccc(CNC(=O)[C@@H](C)OC(=O)C[C@H](C)c2ccccc2)cc1. The van der Waals surface area contributed by atoms with Gasteiger partial charge in [0, 0.05) is 6.54 Å². The van der Waals surface area contributed by atoms with Crippen molar-refractivity contribution < 1.29 is 14.3 Å². The standard InChI is InChI=1S/C21H25NO3/c1-15-9-11-18(12-10-15)14-22-21(24)17(3)25-20(23)13-16(2)19-7-5-4-6-8-19/h4-12,16-17H,13-14H2,1-3H3,(H,22,24)/t16-,17+/m0/s1. The van der Waals surface area contributed by atoms with Gasteiger partial charge in [0.15, 0.2) is 6.10 Å². The third-order valence-corrected chi connectivity index (χ3v) is 4.11. The topological polar surface area (TPSA) is 55.4 Å². The number of nitrogens with one attached hydrogen (secondary N) is 1. The van der Waals surface area contributed by atoms with E-state index in [1.807, 2.05) is 68.4 Å². The zero-order valence-electron chi connectivity index (χ0n) is 15.0. The van der Waals surface area contributed by atoms with Crippen LogP contribution in [0.2, 0.25) is 0 Å². The van der Waals surface area contributed by atoms with E-state index in [0.29, 0.717) is 6.54 Å². The van der Waals surface area contributed by atoms with Gasteiger partial charge in [0.2, 0.25) is 0 Å². The van der Waals surface area contributed by atoms with Crippen LogP contribution in [0.15, 0.2) is 54.6 Å². The van der Waals surface area contributed by atoms with Crippen molar-refractivity contribution in [1.29, 1.82) is 0 Å². The first-order valence-electron chi connectivity index (χ1n) is 8.53. The summed E-state index contributed by atoms with van der Waals surface area (Å²) in [5.41, 5.74) is 3.26. The fraction of sp³-hybridized carbons (Fsp3) is 0.333. The summed E-state index contributed by atoms with van der Waals surface area (Å²) in [5.74, 6) is -0.604. The Balaban J connectivity index is 1.77. The Bertz CT molecular complexity index is 695. The lowest BCUT2D eigenvalue weighted by molar-refractivity contribution is -0.155. The maximum atomic E-state index is 12.1. The van der Waals surface area contributed by atoms with Gasteiger partial charge in [-0.2, -0.15) is 0 Å². The Morgan fingerprint density at radius 1 is 1.00 bits per heavy atom. The Labute approximate surface area is 149 Å². The van der Waals surface area contributed by atoms with Gasteiger partial charge in [-0.3, -0.25) is 9.59 Å². The molecule has 2 aromatic carbocycles. The van der Waals surface area contributed by atoms with Crippen LogP contribution < -0.4 is 5.32 Å². The number of hydrogen-bond acceptors (Lipinski definition) is 3. The van der Waals surface area contributed by atoms with Gasteiger partial charge in [0.05, 0.1) is 6.42 Å². The number of benzene rings is 2. The van der Waals surface area contributed by atoms with Crippen LogP contribution in [0.25, 0.3) is 0 Å². The number of carbonyl (C=O) groups excluding carboxylic acids is 2. The lowest BCUT2D eigenvalue weighted by Gasteiger charge is -2.16. The molecule has 2 rings (SSSR count). The van der Waals surface area contributed by atoms with Crippen LogP contribution in [-0.4, -0.2) is 18.0 Å². The molecule has 0 fully saturated rings. The second-order valence-electron chi connectivity index (χ2n) is 6.35. The third kappa shape index (κ3) is 6.07. The van der Waals surface area contributed by atoms with Crippen LogP contribution in [0.4, 0.5) is 0 Å². The number of amides is 1. The highest BCUT2D eigenvalue weighted by molar-refractivity contribution is 5.83. The maximum absolute atomic E-state index is 12.1. The lowest BCUT2D eigenvalue weighted by Crippen LogP contribution is -2.35. The van der Waals surface area contributed by atoms with Crippen molar-refractivity contribution in [3.8, 4) is 0 Å². The molecule has 0 aliphatic rings. The molecule has 0 aliphatic carbocycles. The molecule has 0 heterocycles. The molecule has 1 amide bonds. The van der Waals surface area contributed by atoms with Gasteiger partial charge in [0.25, 0.3) is 5.91 Å². The van der Waals surface area contributed by atoms with Gasteiger partial charge in [-0.05, 0) is 30.9 Å². The van der Waals surface area contributed by atoms with E-state index < -0.39 is 6.10 Å². The lowest BCUT2D eigenvalue weighted by atomic mass is 9.98. The van der Waals surface area contributed by atoms with Crippen molar-refractivity contribution in [2.24, 2.45) is 0 Å². The number of ether oxygens (including phenoxy) is 1. The molecule has 0 spiro atoms. The predicted molar refractivity (Wildman–Crippen MR) is 98.1 cm³/mol. The summed E-state index contributed by atoms with van der Waals surface area (Å²) in [4.78, 5) is 24.1. The Morgan fingerprint density at radius 3 is 2.28 bits per heavy atom. The summed E-state index contributed by atoms with van der Waals surface area (Å²) >= 11 is 0. The summed E-state index contributed by atoms with van der Waals surface area (Å²) in [6.45, 7) is 6.00. The Kier molecular flexibility index (Phi) is 6.75. The monoisotopic (exact) mass is 339 g/mol. The van der Waals surface area contributed by atoms with E-state index in [4.69, 9.17) is 4.74 Å². The van der Waals surface area contributed by atoms with Crippen LogP contribution in [-0.2, 0) is 20.9 Å². The second-order valence-corrected chi connectivity index (χ2v) is 6.35. The zero-order chi connectivity index (χ0) is 18.2. The molecule has 0 aromatic heterocycles. The van der Waals surface area contributed by atoms with E-state index in [1.54, 1.807) is 6.92 Å². The molecule has 0 radical (unpaired) electrons. The van der Waals surface area contributed by atoms with Gasteiger partial charge in [-0.15, -0.1) is 0 Å². The van der Waals surface area contributed by atoms with E-state index in [1.165, 1.54) is 5.56 Å². The van der Waals surface area contributed by atoms with Crippen molar-refractivity contribution in [3.05, 3.63) is 71.3 Å².